The Hall–Kier alpha value is -1.30. The normalized spacial score (nSPS) is 22.1. The van der Waals surface area contributed by atoms with Crippen LogP contribution in [0.5, 0.6) is 0 Å². The summed E-state index contributed by atoms with van der Waals surface area (Å²) in [6.45, 7) is 5.85. The van der Waals surface area contributed by atoms with Crippen molar-refractivity contribution in [3.05, 3.63) is 0 Å². The molecule has 2 atom stereocenters. The van der Waals surface area contributed by atoms with Crippen molar-refractivity contribution in [3.8, 4) is 0 Å². The van der Waals surface area contributed by atoms with Crippen LogP contribution in [0, 0.1) is 11.8 Å². The lowest BCUT2D eigenvalue weighted by Crippen LogP contribution is -2.48. The first kappa shape index (κ1) is 17.8. The van der Waals surface area contributed by atoms with Gasteiger partial charge in [0.25, 0.3) is 0 Å². The molecular weight excluding hydrogens is 272 g/mol. The van der Waals surface area contributed by atoms with E-state index in [2.05, 4.69) is 19.2 Å². The Morgan fingerprint density at radius 1 is 1.38 bits per heavy atom. The predicted molar refractivity (Wildman–Crippen MR) is 80.2 cm³/mol. The van der Waals surface area contributed by atoms with Crippen molar-refractivity contribution in [3.63, 3.8) is 0 Å². The van der Waals surface area contributed by atoms with Crippen LogP contribution in [-0.2, 0) is 9.53 Å². The number of carboxylic acids is 1. The van der Waals surface area contributed by atoms with Crippen LogP contribution in [-0.4, -0.2) is 54.9 Å². The number of urea groups is 1. The van der Waals surface area contributed by atoms with Gasteiger partial charge in [-0.05, 0) is 25.2 Å². The number of carbonyl (C=O) groups excluding carboxylic acids is 1. The van der Waals surface area contributed by atoms with Gasteiger partial charge in [0.1, 0.15) is 0 Å². The highest BCUT2D eigenvalue weighted by atomic mass is 16.5. The molecule has 6 nitrogen and oxygen atoms in total. The summed E-state index contributed by atoms with van der Waals surface area (Å²) in [4.78, 5) is 25.2. The zero-order chi connectivity index (χ0) is 15.8. The summed E-state index contributed by atoms with van der Waals surface area (Å²) < 4.78 is 5.04. The summed E-state index contributed by atoms with van der Waals surface area (Å²) in [7, 11) is 1.62. The SMILES string of the molecule is COCCN(CC(C)C)C(=O)NC1CCCC(C(=O)O)C1. The lowest BCUT2D eigenvalue weighted by Gasteiger charge is -2.31. The number of nitrogens with one attached hydrogen (secondary N) is 1. The van der Waals surface area contributed by atoms with E-state index in [-0.39, 0.29) is 18.0 Å². The molecule has 0 aromatic carbocycles. The van der Waals surface area contributed by atoms with Gasteiger partial charge in [0, 0.05) is 26.2 Å². The van der Waals surface area contributed by atoms with E-state index in [9.17, 15) is 9.59 Å². The zero-order valence-corrected chi connectivity index (χ0v) is 13.3. The highest BCUT2D eigenvalue weighted by Crippen LogP contribution is 2.24. The number of rotatable bonds is 7. The molecule has 2 unspecified atom stereocenters. The molecule has 0 radical (unpaired) electrons. The summed E-state index contributed by atoms with van der Waals surface area (Å²) in [5, 5.41) is 12.1. The van der Waals surface area contributed by atoms with Gasteiger partial charge in [0.2, 0.25) is 0 Å². The number of aliphatic carboxylic acids is 1. The van der Waals surface area contributed by atoms with Crippen molar-refractivity contribution in [2.45, 2.75) is 45.6 Å². The van der Waals surface area contributed by atoms with E-state index < -0.39 is 5.97 Å². The van der Waals surface area contributed by atoms with Gasteiger partial charge in [-0.3, -0.25) is 4.79 Å². The molecule has 6 heteroatoms. The number of carboxylic acid groups (broad SMARTS) is 1. The van der Waals surface area contributed by atoms with E-state index in [1.807, 2.05) is 0 Å². The van der Waals surface area contributed by atoms with E-state index in [0.717, 1.165) is 12.8 Å². The highest BCUT2D eigenvalue weighted by Gasteiger charge is 2.28. The second kappa shape index (κ2) is 8.87. The molecule has 0 saturated heterocycles. The van der Waals surface area contributed by atoms with Crippen molar-refractivity contribution < 1.29 is 19.4 Å². The Morgan fingerprint density at radius 3 is 2.67 bits per heavy atom. The molecule has 1 aliphatic carbocycles. The molecule has 2 N–H and O–H groups in total. The van der Waals surface area contributed by atoms with Crippen molar-refractivity contribution in [1.29, 1.82) is 0 Å². The van der Waals surface area contributed by atoms with Gasteiger partial charge in [-0.25, -0.2) is 4.79 Å². The fraction of sp³-hybridized carbons (Fsp3) is 0.867. The fourth-order valence-corrected chi connectivity index (χ4v) is 2.73. The minimum absolute atomic E-state index is 0.0374. The Balaban J connectivity index is 2.52. The summed E-state index contributed by atoms with van der Waals surface area (Å²) in [6, 6.07) is -0.152. The van der Waals surface area contributed by atoms with Gasteiger partial charge in [-0.15, -0.1) is 0 Å². The van der Waals surface area contributed by atoms with Crippen LogP contribution in [0.25, 0.3) is 0 Å². The van der Waals surface area contributed by atoms with Gasteiger partial charge in [-0.1, -0.05) is 20.3 Å². The third kappa shape index (κ3) is 6.33. The maximum absolute atomic E-state index is 12.3. The van der Waals surface area contributed by atoms with Gasteiger partial charge in [0.15, 0.2) is 0 Å². The topological polar surface area (TPSA) is 78.9 Å². The van der Waals surface area contributed by atoms with Crippen molar-refractivity contribution in [1.82, 2.24) is 10.2 Å². The maximum atomic E-state index is 12.3. The second-order valence-corrected chi connectivity index (χ2v) is 6.18. The average molecular weight is 300 g/mol. The van der Waals surface area contributed by atoms with Crippen LogP contribution in [0.3, 0.4) is 0 Å². The summed E-state index contributed by atoms with van der Waals surface area (Å²) in [6.07, 6.45) is 2.95. The second-order valence-electron chi connectivity index (χ2n) is 6.18. The molecule has 0 aromatic heterocycles. The van der Waals surface area contributed by atoms with Crippen molar-refractivity contribution in [2.24, 2.45) is 11.8 Å². The maximum Gasteiger partial charge on any atom is 0.317 e. The lowest BCUT2D eigenvalue weighted by atomic mass is 9.86. The van der Waals surface area contributed by atoms with Gasteiger partial charge in [0.05, 0.1) is 12.5 Å². The monoisotopic (exact) mass is 300 g/mol. The Kier molecular flexibility index (Phi) is 7.50. The summed E-state index contributed by atoms with van der Waals surface area (Å²) in [5.74, 6) is -0.709. The van der Waals surface area contributed by atoms with Crippen LogP contribution in [0.2, 0.25) is 0 Å². The van der Waals surface area contributed by atoms with E-state index in [4.69, 9.17) is 9.84 Å². The molecule has 1 aliphatic rings. The van der Waals surface area contributed by atoms with Crippen LogP contribution < -0.4 is 5.32 Å². The first-order valence-corrected chi connectivity index (χ1v) is 7.71. The number of nitrogens with zero attached hydrogens (tertiary/aromatic N) is 1. The fourth-order valence-electron chi connectivity index (χ4n) is 2.73. The molecule has 0 spiro atoms. The summed E-state index contributed by atoms with van der Waals surface area (Å²) >= 11 is 0. The van der Waals surface area contributed by atoms with Crippen LogP contribution in [0.1, 0.15) is 39.5 Å². The minimum atomic E-state index is -0.757. The first-order chi connectivity index (χ1) is 9.93. The predicted octanol–water partition coefficient (Wildman–Crippen LogP) is 1.94. The van der Waals surface area contributed by atoms with E-state index in [0.29, 0.717) is 38.5 Å². The number of hydrogen-bond acceptors (Lipinski definition) is 3. The number of methoxy groups -OCH3 is 1. The summed E-state index contributed by atoms with van der Waals surface area (Å²) in [5.41, 5.74) is 0. The van der Waals surface area contributed by atoms with Crippen LogP contribution >= 0.6 is 0 Å². The molecule has 122 valence electrons. The van der Waals surface area contributed by atoms with E-state index in [1.165, 1.54) is 0 Å². The van der Waals surface area contributed by atoms with Crippen LogP contribution in [0.4, 0.5) is 4.79 Å². The largest absolute Gasteiger partial charge is 0.481 e. The molecular formula is C15H28N2O4. The quantitative estimate of drug-likeness (QED) is 0.753. The van der Waals surface area contributed by atoms with Crippen LogP contribution in [0.15, 0.2) is 0 Å². The lowest BCUT2D eigenvalue weighted by molar-refractivity contribution is -0.143. The van der Waals surface area contributed by atoms with Gasteiger partial charge < -0.3 is 20.1 Å². The number of carbonyl (C=O) groups is 2. The van der Waals surface area contributed by atoms with Gasteiger partial charge in [-0.2, -0.15) is 0 Å². The third-order valence-electron chi connectivity index (χ3n) is 3.79. The molecule has 1 fully saturated rings. The zero-order valence-electron chi connectivity index (χ0n) is 13.3. The molecule has 0 bridgehead atoms. The van der Waals surface area contributed by atoms with Crippen molar-refractivity contribution >= 4 is 12.0 Å². The standard InChI is InChI=1S/C15H28N2O4/c1-11(2)10-17(7-8-21-3)15(20)16-13-6-4-5-12(9-13)14(18)19/h11-13H,4-10H2,1-3H3,(H,16,20)(H,18,19). The Labute approximate surface area is 126 Å². The van der Waals surface area contributed by atoms with Gasteiger partial charge >= 0.3 is 12.0 Å². The minimum Gasteiger partial charge on any atom is -0.481 e. The third-order valence-corrected chi connectivity index (χ3v) is 3.79. The molecule has 0 aromatic rings. The van der Waals surface area contributed by atoms with Crippen molar-refractivity contribution in [2.75, 3.05) is 26.8 Å². The smallest absolute Gasteiger partial charge is 0.317 e. The molecule has 21 heavy (non-hydrogen) atoms. The van der Waals surface area contributed by atoms with E-state index in [1.54, 1.807) is 12.0 Å². The Morgan fingerprint density at radius 2 is 2.10 bits per heavy atom. The average Bonchev–Trinajstić information content (AvgIpc) is 2.43. The number of amides is 2. The molecule has 1 saturated carbocycles. The Bertz CT molecular complexity index is 347. The number of hydrogen-bond donors (Lipinski definition) is 2. The number of ether oxygens (including phenoxy) is 1. The first-order valence-electron chi connectivity index (χ1n) is 7.71. The molecule has 0 heterocycles. The molecule has 2 amide bonds. The molecule has 1 rings (SSSR count). The highest BCUT2D eigenvalue weighted by molar-refractivity contribution is 5.75. The van der Waals surface area contributed by atoms with E-state index >= 15 is 0 Å². The molecule has 0 aliphatic heterocycles.